The van der Waals surface area contributed by atoms with Gasteiger partial charge in [-0.2, -0.15) is 0 Å². The topological polar surface area (TPSA) is 63.6 Å². The van der Waals surface area contributed by atoms with Crippen LogP contribution >= 0.6 is 0 Å². The normalized spacial score (nSPS) is 19.5. The predicted molar refractivity (Wildman–Crippen MR) is 89.1 cm³/mol. The number of benzene rings is 2. The lowest BCUT2D eigenvalue weighted by atomic mass is 10.2. The lowest BCUT2D eigenvalue weighted by molar-refractivity contribution is -0.137. The quantitative estimate of drug-likeness (QED) is 0.688. The van der Waals surface area contributed by atoms with Crippen molar-refractivity contribution in [3.63, 3.8) is 0 Å². The van der Waals surface area contributed by atoms with E-state index >= 15 is 0 Å². The number of aliphatic hydroxyl groups excluding tert-OH is 1. The number of hydrogen-bond donors (Lipinski definition) is 1. The molecule has 2 aromatic carbocycles. The fraction of sp³-hybridized carbons (Fsp3) is 0.167. The third-order valence-electron chi connectivity index (χ3n) is 3.72. The van der Waals surface area contributed by atoms with E-state index in [-0.39, 0.29) is 23.0 Å². The van der Waals surface area contributed by atoms with Crippen LogP contribution < -0.4 is 0 Å². The summed E-state index contributed by atoms with van der Waals surface area (Å²) < 4.78 is 18.7. The second-order valence-corrected chi connectivity index (χ2v) is 7.69. The lowest BCUT2D eigenvalue weighted by Crippen LogP contribution is -2.22. The highest BCUT2D eigenvalue weighted by Gasteiger charge is 2.53. The Bertz CT molecular complexity index is 824. The Morgan fingerprint density at radius 2 is 1.74 bits per heavy atom. The zero-order valence-corrected chi connectivity index (χ0v) is 13.5. The molecule has 0 amide bonds. The van der Waals surface area contributed by atoms with E-state index in [4.69, 9.17) is 4.74 Å². The van der Waals surface area contributed by atoms with Crippen molar-refractivity contribution in [2.45, 2.75) is 17.6 Å². The minimum absolute atomic E-state index is 0.121. The average molecular weight is 329 g/mol. The van der Waals surface area contributed by atoms with Crippen LogP contribution in [0.1, 0.15) is 18.1 Å². The molecule has 1 unspecified atom stereocenters. The molecule has 0 radical (unpaired) electrons. The molecule has 1 atom stereocenters. The van der Waals surface area contributed by atoms with E-state index in [1.165, 1.54) is 0 Å². The molecule has 118 valence electrons. The van der Waals surface area contributed by atoms with Crippen molar-refractivity contribution >= 4 is 21.7 Å². The minimum Gasteiger partial charge on any atom is -0.503 e. The van der Waals surface area contributed by atoms with Gasteiger partial charge in [-0.25, -0.2) is 4.79 Å². The number of carbonyl (C=O) groups is 1. The third-order valence-corrected chi connectivity index (χ3v) is 6.54. The van der Waals surface area contributed by atoms with Crippen LogP contribution in [0.4, 0.5) is 0 Å². The highest BCUT2D eigenvalue weighted by molar-refractivity contribution is 8.07. The van der Waals surface area contributed by atoms with Crippen LogP contribution in [0.25, 0.3) is 5.76 Å². The number of aliphatic hydroxyl groups is 1. The molecule has 1 N–H and O–H groups in total. The van der Waals surface area contributed by atoms with Gasteiger partial charge in [0.1, 0.15) is 5.75 Å². The van der Waals surface area contributed by atoms with E-state index < -0.39 is 15.9 Å². The largest absolute Gasteiger partial charge is 0.503 e. The molecule has 1 aliphatic heterocycles. The van der Waals surface area contributed by atoms with Gasteiger partial charge in [0.25, 0.3) is 4.91 Å². The summed E-state index contributed by atoms with van der Waals surface area (Å²) in [7, 11) is -2.92. The maximum Gasteiger partial charge on any atom is 0.390 e. The first-order valence-corrected chi connectivity index (χ1v) is 9.06. The molecule has 0 aliphatic carbocycles. The number of ether oxygens (including phenoxy) is 1. The van der Waals surface area contributed by atoms with Gasteiger partial charge in [0.15, 0.2) is 20.6 Å². The zero-order valence-electron chi connectivity index (χ0n) is 12.7. The first kappa shape index (κ1) is 15.5. The first-order valence-electron chi connectivity index (χ1n) is 7.33. The van der Waals surface area contributed by atoms with Gasteiger partial charge in [0.2, 0.25) is 0 Å². The molecule has 1 heterocycles. The molecule has 0 fully saturated rings. The van der Waals surface area contributed by atoms with Crippen molar-refractivity contribution in [1.29, 1.82) is 0 Å². The van der Waals surface area contributed by atoms with E-state index in [0.717, 1.165) is 5.56 Å². The van der Waals surface area contributed by atoms with Gasteiger partial charge in [0, 0.05) is 5.56 Å². The summed E-state index contributed by atoms with van der Waals surface area (Å²) in [4.78, 5) is 12.7. The molecule has 23 heavy (non-hydrogen) atoms. The number of carbonyl (C=O) groups excluding carboxylic acids is 1. The van der Waals surface area contributed by atoms with Gasteiger partial charge in [-0.1, -0.05) is 46.7 Å². The maximum atomic E-state index is 13.7. The van der Waals surface area contributed by atoms with E-state index in [1.807, 2.05) is 30.3 Å². The summed E-state index contributed by atoms with van der Waals surface area (Å²) in [5.41, 5.74) is 1.28. The summed E-state index contributed by atoms with van der Waals surface area (Å²) in [6.07, 6.45) is 0. The first-order chi connectivity index (χ1) is 11.1. The van der Waals surface area contributed by atoms with Gasteiger partial charge in [-0.05, 0) is 19.1 Å². The Hall–Kier alpha value is -2.40. The van der Waals surface area contributed by atoms with Crippen LogP contribution in [0.2, 0.25) is 0 Å². The molecule has 4 nitrogen and oxygen atoms in total. The average Bonchev–Trinajstić information content (AvgIpc) is 2.77. The van der Waals surface area contributed by atoms with Crippen molar-refractivity contribution in [1.82, 2.24) is 0 Å². The molecule has 3 rings (SSSR count). The molecule has 0 spiro atoms. The number of fused-ring (bicyclic) bond motifs is 1. The number of rotatable bonds is 4. The molecule has 0 saturated heterocycles. The molecule has 5 heteroatoms. The van der Waals surface area contributed by atoms with Crippen molar-refractivity contribution in [3.8, 4) is 0 Å². The summed E-state index contributed by atoms with van der Waals surface area (Å²) in [6, 6.07) is 16.2. The van der Waals surface area contributed by atoms with Crippen LogP contribution in [0, 0.1) is 0 Å². The molecule has 0 aromatic heterocycles. The Kier molecular flexibility index (Phi) is 4.05. The summed E-state index contributed by atoms with van der Waals surface area (Å²) in [5.74, 6) is -0.801. The Morgan fingerprint density at radius 3 is 2.43 bits per heavy atom. The highest BCUT2D eigenvalue weighted by Crippen LogP contribution is 2.45. The molecule has 0 saturated carbocycles. The van der Waals surface area contributed by atoms with Crippen molar-refractivity contribution in [2.24, 2.45) is 0 Å². The zero-order chi connectivity index (χ0) is 16.4. The van der Waals surface area contributed by atoms with E-state index in [2.05, 4.69) is 0 Å². The van der Waals surface area contributed by atoms with Crippen molar-refractivity contribution in [3.05, 3.63) is 70.6 Å². The number of esters is 1. The fourth-order valence-corrected chi connectivity index (χ4v) is 5.48. The highest BCUT2D eigenvalue weighted by atomic mass is 32.2. The van der Waals surface area contributed by atoms with E-state index in [9.17, 15) is 14.1 Å². The Morgan fingerprint density at radius 1 is 1.09 bits per heavy atom. The van der Waals surface area contributed by atoms with Crippen LogP contribution in [0.5, 0.6) is 0 Å². The van der Waals surface area contributed by atoms with Crippen molar-refractivity contribution < 1.29 is 18.8 Å². The maximum absolute atomic E-state index is 13.7. The van der Waals surface area contributed by atoms with Crippen LogP contribution in [-0.2, 0) is 29.4 Å². The van der Waals surface area contributed by atoms with E-state index in [0.29, 0.717) is 10.5 Å². The van der Waals surface area contributed by atoms with E-state index in [1.54, 1.807) is 31.2 Å². The molecular formula is C18H17O4S+. The molecule has 1 aliphatic rings. The van der Waals surface area contributed by atoms with Gasteiger partial charge in [0.05, 0.1) is 12.2 Å². The monoisotopic (exact) mass is 329 g/mol. The van der Waals surface area contributed by atoms with Crippen molar-refractivity contribution in [2.75, 3.05) is 6.61 Å². The SMILES string of the molecule is CCOC(=O)C1=C(O)c2ccccc2[S+]1(=O)Cc1ccccc1. The van der Waals surface area contributed by atoms with Gasteiger partial charge in [-0.15, -0.1) is 0 Å². The number of hydrogen-bond acceptors (Lipinski definition) is 4. The standard InChI is InChI=1S/C18H16O4S/c1-2-22-18(20)17-16(19)14-10-6-7-11-15(14)23(17,21)12-13-8-4-3-5-9-13/h3-11H,2,12H2,1H3/p+1. The van der Waals surface area contributed by atoms with Crippen LogP contribution in [0.15, 0.2) is 64.4 Å². The summed E-state index contributed by atoms with van der Waals surface area (Å²) >= 11 is 0. The van der Waals surface area contributed by atoms with Gasteiger partial charge in [-0.3, -0.25) is 0 Å². The predicted octanol–water partition coefficient (Wildman–Crippen LogP) is 3.55. The minimum atomic E-state index is -2.92. The second kappa shape index (κ2) is 6.01. The lowest BCUT2D eigenvalue weighted by Gasteiger charge is -2.10. The third kappa shape index (κ3) is 2.57. The molecule has 2 aromatic rings. The summed E-state index contributed by atoms with van der Waals surface area (Å²) in [5, 5.41) is 10.5. The smallest absolute Gasteiger partial charge is 0.390 e. The van der Waals surface area contributed by atoms with Gasteiger partial charge < -0.3 is 9.84 Å². The van der Waals surface area contributed by atoms with Crippen LogP contribution in [0.3, 0.4) is 0 Å². The Balaban J connectivity index is 2.15. The second-order valence-electron chi connectivity index (χ2n) is 5.20. The molecule has 0 bridgehead atoms. The summed E-state index contributed by atoms with van der Waals surface area (Å²) in [6.45, 7) is 1.84. The van der Waals surface area contributed by atoms with Crippen LogP contribution in [-0.4, -0.2) is 17.7 Å². The molecular weight excluding hydrogens is 312 g/mol. The Labute approximate surface area is 135 Å². The fourth-order valence-electron chi connectivity index (χ4n) is 2.73. The van der Waals surface area contributed by atoms with Gasteiger partial charge >= 0.3 is 5.97 Å².